The van der Waals surface area contributed by atoms with E-state index in [9.17, 15) is 14.4 Å². The fourth-order valence-corrected chi connectivity index (χ4v) is 2.72. The average molecular weight is 356 g/mol. The summed E-state index contributed by atoms with van der Waals surface area (Å²) < 4.78 is 0. The van der Waals surface area contributed by atoms with Crippen LogP contribution in [0.25, 0.3) is 0 Å². The minimum Gasteiger partial charge on any atom is -0.480 e. The zero-order chi connectivity index (χ0) is 18.8. The van der Waals surface area contributed by atoms with Gasteiger partial charge in [-0.15, -0.1) is 0 Å². The molecule has 2 radical (unpaired) electrons. The minimum absolute atomic E-state index is 0.0492. The van der Waals surface area contributed by atoms with Gasteiger partial charge in [0.1, 0.15) is 5.78 Å². The third-order valence-electron chi connectivity index (χ3n) is 4.04. The summed E-state index contributed by atoms with van der Waals surface area (Å²) in [4.78, 5) is 40.6. The molecule has 0 amide bonds. The molecule has 1 aliphatic rings. The van der Waals surface area contributed by atoms with Crippen LogP contribution in [0, 0.1) is 7.05 Å². The number of hydrogen-bond donors (Lipinski definition) is 2. The molecule has 1 aliphatic heterocycles. The molecule has 1 heterocycles. The molecule has 1 saturated heterocycles. The normalized spacial score (nSPS) is 20.6. The van der Waals surface area contributed by atoms with E-state index in [1.165, 1.54) is 6.92 Å². The van der Waals surface area contributed by atoms with Crippen molar-refractivity contribution in [2.45, 2.75) is 6.92 Å². The van der Waals surface area contributed by atoms with Crippen LogP contribution in [0.3, 0.4) is 0 Å². The molecular formula is C16H28N4O5. The highest BCUT2D eigenvalue weighted by atomic mass is 16.4. The van der Waals surface area contributed by atoms with Gasteiger partial charge in [-0.3, -0.25) is 34.0 Å². The molecule has 2 N–H and O–H groups in total. The number of hydrogen-bond acceptors (Lipinski definition) is 7. The maximum Gasteiger partial charge on any atom is 0.317 e. The van der Waals surface area contributed by atoms with Crippen LogP contribution in [0.2, 0.25) is 0 Å². The second-order valence-corrected chi connectivity index (χ2v) is 6.35. The largest absolute Gasteiger partial charge is 0.480 e. The molecule has 0 spiro atoms. The SMILES string of the molecule is [CH]N1CCN(CC(C)=O)CCN(CC(=O)O)CCN(CC(=O)O)CC1. The van der Waals surface area contributed by atoms with Crippen molar-refractivity contribution in [3.63, 3.8) is 0 Å². The second-order valence-electron chi connectivity index (χ2n) is 6.35. The van der Waals surface area contributed by atoms with E-state index in [0.717, 1.165) is 0 Å². The third-order valence-corrected chi connectivity index (χ3v) is 4.04. The smallest absolute Gasteiger partial charge is 0.317 e. The third kappa shape index (κ3) is 10.1. The topological polar surface area (TPSA) is 105 Å². The van der Waals surface area contributed by atoms with Crippen molar-refractivity contribution in [2.75, 3.05) is 72.0 Å². The number of rotatable bonds is 6. The predicted octanol–water partition coefficient (Wildman–Crippen LogP) is -1.37. The Morgan fingerprint density at radius 2 is 1.04 bits per heavy atom. The van der Waals surface area contributed by atoms with Gasteiger partial charge in [-0.25, -0.2) is 0 Å². The summed E-state index contributed by atoms with van der Waals surface area (Å²) in [5.74, 6) is -1.80. The first kappa shape index (κ1) is 21.5. The summed E-state index contributed by atoms with van der Waals surface area (Å²) in [5, 5.41) is 18.1. The van der Waals surface area contributed by atoms with Gasteiger partial charge in [0.25, 0.3) is 0 Å². The lowest BCUT2D eigenvalue weighted by atomic mass is 10.3. The lowest BCUT2D eigenvalue weighted by molar-refractivity contribution is -0.140. The molecular weight excluding hydrogens is 328 g/mol. The first-order valence-electron chi connectivity index (χ1n) is 8.36. The van der Waals surface area contributed by atoms with Crippen LogP contribution in [0.15, 0.2) is 0 Å². The molecule has 1 fully saturated rings. The van der Waals surface area contributed by atoms with Gasteiger partial charge in [0.2, 0.25) is 0 Å². The molecule has 0 saturated carbocycles. The van der Waals surface area contributed by atoms with E-state index in [2.05, 4.69) is 0 Å². The van der Waals surface area contributed by atoms with Crippen molar-refractivity contribution in [3.8, 4) is 0 Å². The fraction of sp³-hybridized carbons (Fsp3) is 0.750. The van der Waals surface area contributed by atoms with Crippen LogP contribution in [0.4, 0.5) is 0 Å². The lowest BCUT2D eigenvalue weighted by Crippen LogP contribution is -2.47. The number of carbonyl (C=O) groups excluding carboxylic acids is 1. The highest BCUT2D eigenvalue weighted by Crippen LogP contribution is 2.00. The second kappa shape index (κ2) is 11.1. The van der Waals surface area contributed by atoms with Gasteiger partial charge in [0.15, 0.2) is 0 Å². The van der Waals surface area contributed by atoms with Crippen LogP contribution in [0.5, 0.6) is 0 Å². The van der Waals surface area contributed by atoms with E-state index >= 15 is 0 Å². The van der Waals surface area contributed by atoms with Crippen LogP contribution in [-0.4, -0.2) is 120 Å². The molecule has 25 heavy (non-hydrogen) atoms. The van der Waals surface area contributed by atoms with Crippen molar-refractivity contribution in [1.29, 1.82) is 0 Å². The van der Waals surface area contributed by atoms with E-state index in [1.807, 2.05) is 4.90 Å². The van der Waals surface area contributed by atoms with Gasteiger partial charge in [-0.05, 0) is 6.92 Å². The summed E-state index contributed by atoms with van der Waals surface area (Å²) in [5.41, 5.74) is 0. The summed E-state index contributed by atoms with van der Waals surface area (Å²) >= 11 is 0. The van der Waals surface area contributed by atoms with Crippen molar-refractivity contribution in [2.24, 2.45) is 0 Å². The number of nitrogens with zero attached hydrogens (tertiary/aromatic N) is 4. The minimum atomic E-state index is -0.928. The number of aliphatic carboxylic acids is 2. The Hall–Kier alpha value is -1.55. The number of carbonyl (C=O) groups is 3. The highest BCUT2D eigenvalue weighted by Gasteiger charge is 2.18. The molecule has 9 nitrogen and oxygen atoms in total. The Bertz CT molecular complexity index is 428. The molecule has 142 valence electrons. The van der Waals surface area contributed by atoms with E-state index in [4.69, 9.17) is 17.3 Å². The van der Waals surface area contributed by atoms with Gasteiger partial charge < -0.3 is 10.2 Å². The van der Waals surface area contributed by atoms with Crippen molar-refractivity contribution >= 4 is 17.7 Å². The van der Waals surface area contributed by atoms with Gasteiger partial charge in [-0.1, -0.05) is 0 Å². The average Bonchev–Trinajstić information content (AvgIpc) is 2.49. The predicted molar refractivity (Wildman–Crippen MR) is 91.1 cm³/mol. The Labute approximate surface area is 148 Å². The molecule has 0 aromatic carbocycles. The van der Waals surface area contributed by atoms with Crippen LogP contribution < -0.4 is 0 Å². The molecule has 9 heteroatoms. The van der Waals surface area contributed by atoms with Crippen molar-refractivity contribution in [3.05, 3.63) is 7.05 Å². The van der Waals surface area contributed by atoms with Crippen LogP contribution in [0.1, 0.15) is 6.92 Å². The summed E-state index contributed by atoms with van der Waals surface area (Å²) in [6.45, 7) is 5.67. The number of carboxylic acids is 2. The van der Waals surface area contributed by atoms with Gasteiger partial charge >= 0.3 is 11.9 Å². The quantitative estimate of drug-likeness (QED) is 0.597. The molecule has 0 atom stereocenters. The Morgan fingerprint density at radius 3 is 1.36 bits per heavy atom. The van der Waals surface area contributed by atoms with Crippen molar-refractivity contribution in [1.82, 2.24) is 19.6 Å². The van der Waals surface area contributed by atoms with E-state index in [1.54, 1.807) is 14.7 Å². The molecule has 0 aromatic heterocycles. The first-order chi connectivity index (χ1) is 11.8. The number of Topliss-reactive ketones (excluding diaryl/α,β-unsaturated/α-hetero) is 1. The highest BCUT2D eigenvalue weighted by molar-refractivity contribution is 5.77. The van der Waals surface area contributed by atoms with E-state index < -0.39 is 11.9 Å². The lowest BCUT2D eigenvalue weighted by Gasteiger charge is -2.31. The standard InChI is InChI=1S/C16H28N4O5/c1-14(21)11-18-5-3-17(2)4-6-19(12-15(22)23)9-10-20(8-7-18)13-16(24)25/h2H,3-13H2,1H3,(H,22,23)(H,24,25). The molecule has 1 rings (SSSR count). The summed E-state index contributed by atoms with van der Waals surface area (Å²) in [7, 11) is 5.95. The van der Waals surface area contributed by atoms with Crippen LogP contribution in [-0.2, 0) is 14.4 Å². The van der Waals surface area contributed by atoms with Gasteiger partial charge in [-0.2, -0.15) is 0 Å². The van der Waals surface area contributed by atoms with Crippen molar-refractivity contribution < 1.29 is 24.6 Å². The maximum atomic E-state index is 11.4. The Kier molecular flexibility index (Phi) is 9.58. The van der Waals surface area contributed by atoms with Gasteiger partial charge in [0, 0.05) is 59.4 Å². The number of carboxylic acid groups (broad SMARTS) is 2. The molecule has 0 aliphatic carbocycles. The Morgan fingerprint density at radius 1 is 0.720 bits per heavy atom. The first-order valence-corrected chi connectivity index (χ1v) is 8.36. The maximum absolute atomic E-state index is 11.4. The summed E-state index contributed by atoms with van der Waals surface area (Å²) in [6.07, 6.45) is 0. The zero-order valence-corrected chi connectivity index (χ0v) is 14.8. The van der Waals surface area contributed by atoms with E-state index in [-0.39, 0.29) is 18.9 Å². The fourth-order valence-electron chi connectivity index (χ4n) is 2.72. The van der Waals surface area contributed by atoms with E-state index in [0.29, 0.717) is 58.9 Å². The zero-order valence-electron chi connectivity index (χ0n) is 14.8. The Balaban J connectivity index is 2.76. The summed E-state index contributed by atoms with van der Waals surface area (Å²) in [6, 6.07) is 0. The molecule has 0 aromatic rings. The van der Waals surface area contributed by atoms with Crippen LogP contribution >= 0.6 is 0 Å². The molecule has 0 unspecified atom stereocenters. The number of ketones is 1. The molecule has 0 bridgehead atoms. The van der Waals surface area contributed by atoms with Gasteiger partial charge in [0.05, 0.1) is 19.6 Å². The monoisotopic (exact) mass is 356 g/mol.